The minimum Gasteiger partial charge on any atom is -0.444 e. The Hall–Kier alpha value is -1.75. The molecule has 6 heteroatoms. The van der Waals surface area contributed by atoms with Crippen molar-refractivity contribution in [2.24, 2.45) is 0 Å². The zero-order valence-electron chi connectivity index (χ0n) is 18.1. The van der Waals surface area contributed by atoms with Gasteiger partial charge in [-0.1, -0.05) is 59.6 Å². The van der Waals surface area contributed by atoms with Crippen molar-refractivity contribution in [1.82, 2.24) is 9.80 Å². The molecule has 1 heterocycles. The van der Waals surface area contributed by atoms with E-state index in [4.69, 9.17) is 27.9 Å². The van der Waals surface area contributed by atoms with Gasteiger partial charge in [0.2, 0.25) is 0 Å². The van der Waals surface area contributed by atoms with Gasteiger partial charge in [0.25, 0.3) is 0 Å². The Morgan fingerprint density at radius 2 is 1.80 bits per heavy atom. The average Bonchev–Trinajstić information content (AvgIpc) is 3.07. The Balaban J connectivity index is 1.88. The second-order valence-electron chi connectivity index (χ2n) is 8.79. The maximum Gasteiger partial charge on any atom is 0.410 e. The molecule has 1 amide bonds. The van der Waals surface area contributed by atoms with E-state index in [0.717, 1.165) is 25.2 Å². The Morgan fingerprint density at radius 1 is 1.10 bits per heavy atom. The van der Waals surface area contributed by atoms with E-state index in [0.29, 0.717) is 16.6 Å². The lowest BCUT2D eigenvalue weighted by molar-refractivity contribution is 0.0167. The number of likely N-dealkylation sites (tertiary alicyclic amines) is 1. The van der Waals surface area contributed by atoms with Gasteiger partial charge >= 0.3 is 6.09 Å². The number of likely N-dealkylation sites (N-methyl/N-ethyl adjacent to an activating group) is 1. The fraction of sp³-hybridized carbons (Fsp3) is 0.458. The van der Waals surface area contributed by atoms with Crippen molar-refractivity contribution in [3.63, 3.8) is 0 Å². The molecule has 2 aromatic rings. The number of benzene rings is 2. The van der Waals surface area contributed by atoms with E-state index in [-0.39, 0.29) is 18.1 Å². The first-order chi connectivity index (χ1) is 14.2. The van der Waals surface area contributed by atoms with Crippen molar-refractivity contribution in [1.29, 1.82) is 0 Å². The number of carbonyl (C=O) groups is 1. The molecule has 0 aromatic heterocycles. The number of halogens is 2. The van der Waals surface area contributed by atoms with Crippen LogP contribution in [-0.2, 0) is 11.3 Å². The number of hydrogen-bond donors (Lipinski definition) is 0. The number of carbonyl (C=O) groups excluding carboxylic acids is 1. The number of hydrogen-bond acceptors (Lipinski definition) is 3. The topological polar surface area (TPSA) is 32.8 Å². The molecular formula is C24H30Cl2N2O2. The molecule has 2 aromatic carbocycles. The molecule has 0 bridgehead atoms. The highest BCUT2D eigenvalue weighted by Crippen LogP contribution is 2.35. The average molecular weight is 449 g/mol. The van der Waals surface area contributed by atoms with Crippen molar-refractivity contribution < 1.29 is 9.53 Å². The summed E-state index contributed by atoms with van der Waals surface area (Å²) in [6.07, 6.45) is -0.276. The smallest absolute Gasteiger partial charge is 0.410 e. The summed E-state index contributed by atoms with van der Waals surface area (Å²) in [5.41, 5.74) is 1.81. The quantitative estimate of drug-likeness (QED) is 0.544. The number of rotatable bonds is 5. The van der Waals surface area contributed by atoms with Gasteiger partial charge in [-0.25, -0.2) is 4.79 Å². The van der Waals surface area contributed by atoms with Gasteiger partial charge in [-0.3, -0.25) is 4.90 Å². The summed E-state index contributed by atoms with van der Waals surface area (Å²) in [4.78, 5) is 17.2. The Labute approximate surface area is 189 Å². The van der Waals surface area contributed by atoms with Gasteiger partial charge in [0.15, 0.2) is 0 Å². The van der Waals surface area contributed by atoms with Gasteiger partial charge in [0, 0.05) is 32.1 Å². The molecule has 30 heavy (non-hydrogen) atoms. The van der Waals surface area contributed by atoms with Gasteiger partial charge in [-0.15, -0.1) is 0 Å². The molecule has 162 valence electrons. The monoisotopic (exact) mass is 448 g/mol. The minimum atomic E-state index is -0.536. The van der Waals surface area contributed by atoms with E-state index in [1.165, 1.54) is 5.56 Å². The minimum absolute atomic E-state index is 0.00851. The lowest BCUT2D eigenvalue weighted by Crippen LogP contribution is -2.46. The fourth-order valence-corrected chi connectivity index (χ4v) is 4.35. The van der Waals surface area contributed by atoms with Crippen LogP contribution in [0.1, 0.15) is 44.7 Å². The summed E-state index contributed by atoms with van der Waals surface area (Å²) in [7, 11) is 0. The van der Waals surface area contributed by atoms with Crippen LogP contribution in [0.15, 0.2) is 48.5 Å². The van der Waals surface area contributed by atoms with Gasteiger partial charge in [-0.2, -0.15) is 0 Å². The Bertz CT molecular complexity index is 867. The lowest BCUT2D eigenvalue weighted by Gasteiger charge is -2.33. The molecule has 1 fully saturated rings. The molecule has 0 saturated carbocycles. The summed E-state index contributed by atoms with van der Waals surface area (Å²) >= 11 is 12.5. The van der Waals surface area contributed by atoms with E-state index in [1.807, 2.05) is 56.9 Å². The lowest BCUT2D eigenvalue weighted by atomic mass is 9.93. The summed E-state index contributed by atoms with van der Waals surface area (Å²) in [6, 6.07) is 16.2. The maximum absolute atomic E-state index is 13.0. The molecule has 2 atom stereocenters. The van der Waals surface area contributed by atoms with Crippen molar-refractivity contribution in [2.45, 2.75) is 51.8 Å². The highest BCUT2D eigenvalue weighted by Gasteiger charge is 2.40. The first-order valence-corrected chi connectivity index (χ1v) is 11.1. The molecule has 1 aliphatic rings. The van der Waals surface area contributed by atoms with Crippen LogP contribution >= 0.6 is 23.2 Å². The maximum atomic E-state index is 13.0. The van der Waals surface area contributed by atoms with E-state index < -0.39 is 5.60 Å². The van der Waals surface area contributed by atoms with Crippen molar-refractivity contribution in [3.05, 3.63) is 69.7 Å². The van der Waals surface area contributed by atoms with Crippen molar-refractivity contribution in [2.75, 3.05) is 19.6 Å². The zero-order valence-corrected chi connectivity index (χ0v) is 19.6. The van der Waals surface area contributed by atoms with Crippen molar-refractivity contribution in [3.8, 4) is 0 Å². The predicted molar refractivity (Wildman–Crippen MR) is 123 cm³/mol. The SMILES string of the molecule is CCN(C(=O)OC(C)(C)C)[C@@H]1CN(Cc2ccccc2)C[C@H]1c1ccc(Cl)c(Cl)c1. The molecule has 1 aliphatic heterocycles. The summed E-state index contributed by atoms with van der Waals surface area (Å²) < 4.78 is 5.71. The van der Waals surface area contributed by atoms with Crippen LogP contribution in [0, 0.1) is 0 Å². The molecule has 0 aliphatic carbocycles. The van der Waals surface area contributed by atoms with Crippen LogP contribution < -0.4 is 0 Å². The zero-order chi connectivity index (χ0) is 21.9. The number of ether oxygens (including phenoxy) is 1. The number of amides is 1. The normalized spacial score (nSPS) is 19.7. The van der Waals surface area contributed by atoms with Gasteiger partial charge in [-0.05, 0) is 51.0 Å². The summed E-state index contributed by atoms with van der Waals surface area (Å²) in [5, 5.41) is 1.07. The Kier molecular flexibility index (Phi) is 7.33. The van der Waals surface area contributed by atoms with Crippen molar-refractivity contribution >= 4 is 29.3 Å². The predicted octanol–water partition coefficient (Wildman–Crippen LogP) is 6.22. The van der Waals surface area contributed by atoms with Crippen LogP contribution in [0.3, 0.4) is 0 Å². The van der Waals surface area contributed by atoms with Crippen LogP contribution in [0.25, 0.3) is 0 Å². The molecule has 0 radical (unpaired) electrons. The number of nitrogens with zero attached hydrogens (tertiary/aromatic N) is 2. The van der Waals surface area contributed by atoms with E-state index in [2.05, 4.69) is 29.2 Å². The third-order valence-corrected chi connectivity index (χ3v) is 6.09. The molecule has 0 unspecified atom stereocenters. The highest BCUT2D eigenvalue weighted by molar-refractivity contribution is 6.42. The van der Waals surface area contributed by atoms with E-state index in [1.54, 1.807) is 0 Å². The van der Waals surface area contributed by atoms with E-state index >= 15 is 0 Å². The van der Waals surface area contributed by atoms with Crippen LogP contribution in [-0.4, -0.2) is 47.2 Å². The molecular weight excluding hydrogens is 419 g/mol. The molecule has 0 spiro atoms. The van der Waals surface area contributed by atoms with Gasteiger partial charge in [0.05, 0.1) is 16.1 Å². The summed E-state index contributed by atoms with van der Waals surface area (Å²) in [6.45, 7) is 10.7. The van der Waals surface area contributed by atoms with Crippen LogP contribution in [0.2, 0.25) is 10.0 Å². The van der Waals surface area contributed by atoms with E-state index in [9.17, 15) is 4.79 Å². The third-order valence-electron chi connectivity index (χ3n) is 5.35. The second-order valence-corrected chi connectivity index (χ2v) is 9.61. The molecule has 4 nitrogen and oxygen atoms in total. The molecule has 3 rings (SSSR count). The second kappa shape index (κ2) is 9.59. The standard InChI is InChI=1S/C24H30Cl2N2O2/c1-5-28(23(29)30-24(2,3)4)22-16-27(14-17-9-7-6-8-10-17)15-19(22)18-11-12-20(25)21(26)13-18/h6-13,19,22H,5,14-16H2,1-4H3/t19-,22+/m0/s1. The van der Waals surface area contributed by atoms with Gasteiger partial charge in [0.1, 0.15) is 5.60 Å². The third kappa shape index (κ3) is 5.69. The summed E-state index contributed by atoms with van der Waals surface area (Å²) in [5.74, 6) is 0.121. The van der Waals surface area contributed by atoms with Gasteiger partial charge < -0.3 is 9.64 Å². The first kappa shape index (κ1) is 22.9. The molecule has 0 N–H and O–H groups in total. The fourth-order valence-electron chi connectivity index (χ4n) is 4.04. The van der Waals surface area contributed by atoms with Crippen LogP contribution in [0.5, 0.6) is 0 Å². The highest BCUT2D eigenvalue weighted by atomic mass is 35.5. The largest absolute Gasteiger partial charge is 0.444 e. The molecule has 1 saturated heterocycles. The Morgan fingerprint density at radius 3 is 2.40 bits per heavy atom. The van der Waals surface area contributed by atoms with Crippen LogP contribution in [0.4, 0.5) is 4.79 Å². The first-order valence-electron chi connectivity index (χ1n) is 10.4.